The molecule has 0 saturated carbocycles. The van der Waals surface area contributed by atoms with Gasteiger partial charge in [-0.25, -0.2) is 13.8 Å². The van der Waals surface area contributed by atoms with E-state index in [-0.39, 0.29) is 23.7 Å². The van der Waals surface area contributed by atoms with E-state index in [1.54, 1.807) is 17.0 Å². The smallest absolute Gasteiger partial charge is 0.268 e. The average molecular weight is 479 g/mol. The largest absolute Gasteiger partial charge is 0.383 e. The number of nitrogens with one attached hydrogen (secondary N) is 2. The van der Waals surface area contributed by atoms with Crippen molar-refractivity contribution in [3.05, 3.63) is 64.4 Å². The average Bonchev–Trinajstić information content (AvgIpc) is 3.18. The Morgan fingerprint density at radius 1 is 1.24 bits per heavy atom. The number of halogens is 3. The van der Waals surface area contributed by atoms with Crippen LogP contribution in [0.5, 0.6) is 0 Å². The van der Waals surface area contributed by atoms with Gasteiger partial charge in [-0.1, -0.05) is 17.7 Å². The molecular formula is C23H25ClF2N4O3. The van der Waals surface area contributed by atoms with Crippen molar-refractivity contribution in [2.75, 3.05) is 20.3 Å². The van der Waals surface area contributed by atoms with Crippen LogP contribution in [0.15, 0.2) is 36.5 Å². The minimum Gasteiger partial charge on any atom is -0.383 e. The molecule has 0 aliphatic rings. The number of fused-ring (bicyclic) bond motifs is 1. The number of amides is 2. The minimum atomic E-state index is -1.10. The number of methoxy groups -OCH3 is 1. The summed E-state index contributed by atoms with van der Waals surface area (Å²) in [5.74, 6) is -2.49. The highest BCUT2D eigenvalue weighted by Gasteiger charge is 2.29. The molecule has 3 aromatic rings. The zero-order chi connectivity index (χ0) is 24.1. The van der Waals surface area contributed by atoms with Gasteiger partial charge < -0.3 is 19.9 Å². The van der Waals surface area contributed by atoms with Gasteiger partial charge in [0.25, 0.3) is 5.91 Å². The van der Waals surface area contributed by atoms with Crippen molar-refractivity contribution in [2.45, 2.75) is 32.4 Å². The summed E-state index contributed by atoms with van der Waals surface area (Å²) in [4.78, 5) is 34.9. The lowest BCUT2D eigenvalue weighted by molar-refractivity contribution is -0.135. The van der Waals surface area contributed by atoms with Gasteiger partial charge in [0.15, 0.2) is 0 Å². The topological polar surface area (TPSA) is 87.3 Å². The molecule has 7 nitrogen and oxygen atoms in total. The molecule has 176 valence electrons. The molecule has 1 atom stereocenters. The van der Waals surface area contributed by atoms with Crippen molar-refractivity contribution >= 4 is 34.4 Å². The van der Waals surface area contributed by atoms with E-state index in [0.717, 1.165) is 12.1 Å². The van der Waals surface area contributed by atoms with Gasteiger partial charge in [0.2, 0.25) is 5.91 Å². The van der Waals surface area contributed by atoms with E-state index in [1.807, 2.05) is 13.8 Å². The van der Waals surface area contributed by atoms with Crippen molar-refractivity contribution < 1.29 is 23.1 Å². The first-order chi connectivity index (χ1) is 15.7. The van der Waals surface area contributed by atoms with Crippen LogP contribution in [-0.4, -0.2) is 59.0 Å². The lowest BCUT2D eigenvalue weighted by Gasteiger charge is -2.31. The molecule has 2 heterocycles. The van der Waals surface area contributed by atoms with Crippen LogP contribution in [0.4, 0.5) is 8.78 Å². The number of carbonyl (C=O) groups excluding carboxylic acids is 2. The number of aromatic nitrogens is 2. The summed E-state index contributed by atoms with van der Waals surface area (Å²) in [6.45, 7) is 4.25. The van der Waals surface area contributed by atoms with Gasteiger partial charge in [0.1, 0.15) is 29.0 Å². The highest BCUT2D eigenvalue weighted by atomic mass is 35.5. The van der Waals surface area contributed by atoms with Crippen molar-refractivity contribution in [3.8, 4) is 0 Å². The predicted molar refractivity (Wildman–Crippen MR) is 121 cm³/mol. The quantitative estimate of drug-likeness (QED) is 0.490. The molecule has 0 fully saturated rings. The van der Waals surface area contributed by atoms with Crippen molar-refractivity contribution in [1.82, 2.24) is 20.2 Å². The van der Waals surface area contributed by atoms with Gasteiger partial charge in [-0.2, -0.15) is 0 Å². The second-order valence-electron chi connectivity index (χ2n) is 7.86. The van der Waals surface area contributed by atoms with Gasteiger partial charge in [-0.15, -0.1) is 0 Å². The number of ether oxygens (including phenoxy) is 1. The molecule has 0 radical (unpaired) electrons. The Hall–Kier alpha value is -3.04. The lowest BCUT2D eigenvalue weighted by atomic mass is 10.0. The molecule has 3 rings (SSSR count). The first-order valence-corrected chi connectivity index (χ1v) is 10.8. The summed E-state index contributed by atoms with van der Waals surface area (Å²) < 4.78 is 32.8. The molecule has 0 aliphatic carbocycles. The Morgan fingerprint density at radius 2 is 2.00 bits per heavy atom. The van der Waals surface area contributed by atoms with Gasteiger partial charge in [0.05, 0.1) is 11.6 Å². The van der Waals surface area contributed by atoms with Gasteiger partial charge in [-0.3, -0.25) is 9.59 Å². The van der Waals surface area contributed by atoms with E-state index < -0.39 is 29.5 Å². The fourth-order valence-corrected chi connectivity index (χ4v) is 3.63. The summed E-state index contributed by atoms with van der Waals surface area (Å²) >= 11 is 5.96. The van der Waals surface area contributed by atoms with Crippen molar-refractivity contribution in [3.63, 3.8) is 0 Å². The third kappa shape index (κ3) is 6.06. The first-order valence-electron chi connectivity index (χ1n) is 10.4. The Kier molecular flexibility index (Phi) is 7.99. The molecule has 33 heavy (non-hydrogen) atoms. The van der Waals surface area contributed by atoms with E-state index in [4.69, 9.17) is 16.3 Å². The van der Waals surface area contributed by atoms with Crippen LogP contribution in [0.1, 0.15) is 29.9 Å². The Morgan fingerprint density at radius 3 is 2.67 bits per heavy atom. The van der Waals surface area contributed by atoms with E-state index in [2.05, 4.69) is 15.3 Å². The maximum Gasteiger partial charge on any atom is 0.268 e. The fourth-order valence-electron chi connectivity index (χ4n) is 3.47. The van der Waals surface area contributed by atoms with E-state index >= 15 is 0 Å². The maximum absolute atomic E-state index is 14.3. The van der Waals surface area contributed by atoms with Gasteiger partial charge in [0, 0.05) is 43.8 Å². The Bertz CT molecular complexity index is 1150. The highest BCUT2D eigenvalue weighted by molar-refractivity contribution is 6.31. The van der Waals surface area contributed by atoms with Crippen LogP contribution in [-0.2, 0) is 16.0 Å². The molecule has 2 amide bonds. The monoisotopic (exact) mass is 478 g/mol. The van der Waals surface area contributed by atoms with Crippen molar-refractivity contribution in [1.29, 1.82) is 0 Å². The number of pyridine rings is 1. The van der Waals surface area contributed by atoms with Crippen LogP contribution >= 0.6 is 11.6 Å². The molecule has 2 N–H and O–H groups in total. The lowest BCUT2D eigenvalue weighted by Crippen LogP contribution is -2.52. The standard InChI is InChI=1S/C23H25ClF2N4O3/c1-13(2)30(6-7-33-3)23(32)20(9-14-4-5-17(25)11-18(14)26)29-22(31)19-10-15-8-16(24)12-27-21(15)28-19/h4-5,8,10-13,20H,6-7,9H2,1-3H3,(H,27,28)(H,29,31)/t20-/m0/s1. The molecule has 10 heteroatoms. The molecule has 0 unspecified atom stereocenters. The van der Waals surface area contributed by atoms with Crippen LogP contribution < -0.4 is 5.32 Å². The van der Waals surface area contributed by atoms with Gasteiger partial charge >= 0.3 is 0 Å². The summed E-state index contributed by atoms with van der Waals surface area (Å²) in [5.41, 5.74) is 0.738. The second-order valence-corrected chi connectivity index (χ2v) is 8.29. The first kappa shape index (κ1) is 24.6. The number of hydrogen-bond acceptors (Lipinski definition) is 4. The second kappa shape index (κ2) is 10.7. The summed E-state index contributed by atoms with van der Waals surface area (Å²) in [6.07, 6.45) is 1.29. The number of H-pyrrole nitrogens is 1. The summed E-state index contributed by atoms with van der Waals surface area (Å²) in [7, 11) is 1.52. The SMILES string of the molecule is COCCN(C(=O)[C@H](Cc1ccc(F)cc1F)NC(=O)c1cc2cc(Cl)cnc2[nH]1)C(C)C. The molecule has 0 bridgehead atoms. The third-order valence-corrected chi connectivity index (χ3v) is 5.37. The normalized spacial score (nSPS) is 12.2. The zero-order valence-corrected chi connectivity index (χ0v) is 19.2. The van der Waals surface area contributed by atoms with Gasteiger partial charge in [-0.05, 0) is 37.6 Å². The van der Waals surface area contributed by atoms with Crippen molar-refractivity contribution in [2.24, 2.45) is 0 Å². The number of aromatic amines is 1. The predicted octanol–water partition coefficient (Wildman–Crippen LogP) is 3.72. The number of hydrogen-bond donors (Lipinski definition) is 2. The molecule has 1 aromatic carbocycles. The summed E-state index contributed by atoms with van der Waals surface area (Å²) in [5, 5.41) is 3.73. The number of nitrogens with zero attached hydrogens (tertiary/aromatic N) is 2. The zero-order valence-electron chi connectivity index (χ0n) is 18.5. The maximum atomic E-state index is 14.3. The molecule has 0 aliphatic heterocycles. The van der Waals surface area contributed by atoms with Crippen LogP contribution in [0.3, 0.4) is 0 Å². The Balaban J connectivity index is 1.90. The van der Waals surface area contributed by atoms with Crippen LogP contribution in [0.2, 0.25) is 5.02 Å². The molecule has 0 spiro atoms. The number of carbonyl (C=O) groups is 2. The Labute approximate surface area is 195 Å². The highest BCUT2D eigenvalue weighted by Crippen LogP contribution is 2.19. The summed E-state index contributed by atoms with van der Waals surface area (Å²) in [6, 6.07) is 5.05. The fraction of sp³-hybridized carbons (Fsp3) is 0.348. The van der Waals surface area contributed by atoms with E-state index in [9.17, 15) is 18.4 Å². The van der Waals surface area contributed by atoms with E-state index in [1.165, 1.54) is 19.4 Å². The number of rotatable bonds is 9. The molecule has 2 aromatic heterocycles. The van der Waals surface area contributed by atoms with Crippen LogP contribution in [0.25, 0.3) is 11.0 Å². The van der Waals surface area contributed by atoms with E-state index in [0.29, 0.717) is 29.2 Å². The van der Waals surface area contributed by atoms with Crippen LogP contribution in [0, 0.1) is 11.6 Å². The number of benzene rings is 1. The molecule has 0 saturated heterocycles. The third-order valence-electron chi connectivity index (χ3n) is 5.17. The minimum absolute atomic E-state index is 0.107. The molecular weight excluding hydrogens is 454 g/mol.